The number of likely N-dealkylation sites (N-methyl/N-ethyl adjacent to an activating group) is 1. The average Bonchev–Trinajstić information content (AvgIpc) is 3.38. The van der Waals surface area contributed by atoms with E-state index in [0.29, 0.717) is 29.4 Å². The summed E-state index contributed by atoms with van der Waals surface area (Å²) >= 11 is 0. The van der Waals surface area contributed by atoms with Crippen LogP contribution in [-0.4, -0.2) is 84.6 Å². The molecule has 40 heavy (non-hydrogen) atoms. The van der Waals surface area contributed by atoms with Gasteiger partial charge in [0.05, 0.1) is 30.4 Å². The smallest absolute Gasteiger partial charge is 0.321 e. The number of rotatable bonds is 7. The van der Waals surface area contributed by atoms with Gasteiger partial charge in [0.25, 0.3) is 5.91 Å². The first-order valence-electron chi connectivity index (χ1n) is 13.3. The lowest BCUT2D eigenvalue weighted by Gasteiger charge is -2.38. The SMILES string of the molecule is CC(C)NC(=O)Nc1cccc2c1O[C@@H](CN(C)C(=O)Nc1ccc3c(c1)OCO3)[C@H](C)CN([C@H](C)CO)C2=O. The topological polar surface area (TPSA) is 142 Å². The van der Waals surface area contributed by atoms with Crippen LogP contribution < -0.4 is 30.2 Å². The summed E-state index contributed by atoms with van der Waals surface area (Å²) in [5.74, 6) is 0.832. The normalized spacial score (nSPS) is 18.7. The van der Waals surface area contributed by atoms with Crippen molar-refractivity contribution in [3.05, 3.63) is 42.0 Å². The molecule has 0 aliphatic carbocycles. The van der Waals surface area contributed by atoms with Crippen LogP contribution in [0.2, 0.25) is 0 Å². The molecule has 2 aromatic rings. The van der Waals surface area contributed by atoms with Gasteiger partial charge in [0, 0.05) is 37.3 Å². The zero-order chi connectivity index (χ0) is 29.0. The standard InChI is InChI=1S/C28H37N5O7/c1-16(2)29-27(36)31-21-8-6-7-20-25(21)40-24(17(3)12-33(26(20)35)18(4)14-34)13-32(5)28(37)30-19-9-10-22-23(11-19)39-15-38-22/h6-11,16-18,24,34H,12-15H2,1-5H3,(H,30,37)(H2,29,31,36)/t17-,18-,24+/m1/s1. The lowest BCUT2D eigenvalue weighted by atomic mass is 9.99. The van der Waals surface area contributed by atoms with Crippen LogP contribution in [0, 0.1) is 5.92 Å². The number of aliphatic hydroxyl groups is 1. The summed E-state index contributed by atoms with van der Waals surface area (Å²) in [6, 6.07) is 8.75. The van der Waals surface area contributed by atoms with E-state index in [1.165, 1.54) is 4.90 Å². The number of urea groups is 2. The van der Waals surface area contributed by atoms with E-state index in [4.69, 9.17) is 14.2 Å². The molecule has 3 atom stereocenters. The van der Waals surface area contributed by atoms with Crippen LogP contribution in [-0.2, 0) is 0 Å². The van der Waals surface area contributed by atoms with Gasteiger partial charge in [-0.1, -0.05) is 13.0 Å². The number of carbonyl (C=O) groups excluding carboxylic acids is 3. The van der Waals surface area contributed by atoms with E-state index in [1.54, 1.807) is 55.3 Å². The highest BCUT2D eigenvalue weighted by Gasteiger charge is 2.35. The lowest BCUT2D eigenvalue weighted by molar-refractivity contribution is 0.0373. The van der Waals surface area contributed by atoms with E-state index in [0.717, 1.165) is 0 Å². The lowest BCUT2D eigenvalue weighted by Crippen LogP contribution is -2.50. The first-order valence-corrected chi connectivity index (χ1v) is 13.3. The van der Waals surface area contributed by atoms with E-state index < -0.39 is 18.2 Å². The molecular formula is C28H37N5O7. The van der Waals surface area contributed by atoms with Gasteiger partial charge in [-0.2, -0.15) is 0 Å². The Bertz CT molecular complexity index is 1250. The number of anilines is 2. The largest absolute Gasteiger partial charge is 0.485 e. The minimum atomic E-state index is -0.552. The molecule has 2 aromatic carbocycles. The first-order chi connectivity index (χ1) is 19.1. The van der Waals surface area contributed by atoms with Crippen molar-refractivity contribution >= 4 is 29.3 Å². The second kappa shape index (κ2) is 12.3. The Morgan fingerprint density at radius 2 is 1.88 bits per heavy atom. The van der Waals surface area contributed by atoms with Gasteiger partial charge in [-0.05, 0) is 45.0 Å². The molecular weight excluding hydrogens is 518 g/mol. The first kappa shape index (κ1) is 28.8. The van der Waals surface area contributed by atoms with Crippen LogP contribution in [0.4, 0.5) is 21.0 Å². The molecule has 4 N–H and O–H groups in total. The summed E-state index contributed by atoms with van der Waals surface area (Å²) in [4.78, 5) is 42.3. The Morgan fingerprint density at radius 1 is 1.12 bits per heavy atom. The number of para-hydroxylation sites is 1. The van der Waals surface area contributed by atoms with Crippen molar-refractivity contribution in [1.82, 2.24) is 15.1 Å². The Hall–Kier alpha value is -4.19. The van der Waals surface area contributed by atoms with Gasteiger partial charge in [0.2, 0.25) is 6.79 Å². The van der Waals surface area contributed by atoms with Crippen LogP contribution in [0.15, 0.2) is 36.4 Å². The van der Waals surface area contributed by atoms with Crippen molar-refractivity contribution in [1.29, 1.82) is 0 Å². The summed E-state index contributed by atoms with van der Waals surface area (Å²) in [5, 5.41) is 18.3. The minimum Gasteiger partial charge on any atom is -0.485 e. The number of hydrogen-bond acceptors (Lipinski definition) is 7. The second-order valence-electron chi connectivity index (χ2n) is 10.4. The summed E-state index contributed by atoms with van der Waals surface area (Å²) in [6.07, 6.45) is -0.552. The van der Waals surface area contributed by atoms with Gasteiger partial charge in [-0.3, -0.25) is 4.79 Å². The number of hydrogen-bond donors (Lipinski definition) is 4. The summed E-state index contributed by atoms with van der Waals surface area (Å²) < 4.78 is 17.2. The van der Waals surface area contributed by atoms with Gasteiger partial charge in [0.1, 0.15) is 6.10 Å². The number of nitrogens with zero attached hydrogens (tertiary/aromatic N) is 2. The molecule has 0 bridgehead atoms. The zero-order valence-corrected chi connectivity index (χ0v) is 23.4. The van der Waals surface area contributed by atoms with E-state index in [1.807, 2.05) is 20.8 Å². The fraction of sp³-hybridized carbons (Fsp3) is 0.464. The number of benzene rings is 2. The monoisotopic (exact) mass is 555 g/mol. The summed E-state index contributed by atoms with van der Waals surface area (Å²) in [7, 11) is 1.65. The van der Waals surface area contributed by atoms with Crippen molar-refractivity contribution in [3.63, 3.8) is 0 Å². The van der Waals surface area contributed by atoms with Crippen molar-refractivity contribution in [2.45, 2.75) is 45.9 Å². The van der Waals surface area contributed by atoms with Crippen LogP contribution in [0.25, 0.3) is 0 Å². The third-order valence-electron chi connectivity index (χ3n) is 6.78. The van der Waals surface area contributed by atoms with E-state index in [2.05, 4.69) is 16.0 Å². The van der Waals surface area contributed by atoms with Crippen molar-refractivity contribution < 1.29 is 33.7 Å². The molecule has 5 amide bonds. The van der Waals surface area contributed by atoms with Gasteiger partial charge in [0.15, 0.2) is 17.2 Å². The Labute approximate surface area is 233 Å². The second-order valence-corrected chi connectivity index (χ2v) is 10.4. The zero-order valence-electron chi connectivity index (χ0n) is 23.4. The van der Waals surface area contributed by atoms with Crippen LogP contribution in [0.1, 0.15) is 38.1 Å². The van der Waals surface area contributed by atoms with E-state index in [-0.39, 0.29) is 55.2 Å². The molecule has 2 aliphatic heterocycles. The number of carbonyl (C=O) groups is 3. The van der Waals surface area contributed by atoms with Gasteiger partial charge in [-0.15, -0.1) is 0 Å². The Balaban J connectivity index is 1.59. The number of aliphatic hydroxyl groups excluding tert-OH is 1. The predicted octanol–water partition coefficient (Wildman–Crippen LogP) is 3.33. The highest BCUT2D eigenvalue weighted by atomic mass is 16.7. The predicted molar refractivity (Wildman–Crippen MR) is 149 cm³/mol. The van der Waals surface area contributed by atoms with E-state index in [9.17, 15) is 19.5 Å². The maximum absolute atomic E-state index is 13.6. The molecule has 2 heterocycles. The maximum atomic E-state index is 13.6. The minimum absolute atomic E-state index is 0.0985. The van der Waals surface area contributed by atoms with Gasteiger partial charge in [-0.25, -0.2) is 9.59 Å². The molecule has 0 spiro atoms. The molecule has 0 saturated heterocycles. The highest BCUT2D eigenvalue weighted by Crippen LogP contribution is 2.36. The molecule has 0 unspecified atom stereocenters. The highest BCUT2D eigenvalue weighted by molar-refractivity contribution is 6.01. The van der Waals surface area contributed by atoms with Crippen LogP contribution >= 0.6 is 0 Å². The summed E-state index contributed by atoms with van der Waals surface area (Å²) in [6.45, 7) is 7.77. The maximum Gasteiger partial charge on any atom is 0.321 e. The van der Waals surface area contributed by atoms with Crippen LogP contribution in [0.5, 0.6) is 17.2 Å². The fourth-order valence-corrected chi connectivity index (χ4v) is 4.53. The Kier molecular flexibility index (Phi) is 8.88. The molecule has 216 valence electrons. The third-order valence-corrected chi connectivity index (χ3v) is 6.78. The van der Waals surface area contributed by atoms with Crippen molar-refractivity contribution in [2.75, 3.05) is 44.2 Å². The number of fused-ring (bicyclic) bond motifs is 2. The molecule has 0 aromatic heterocycles. The molecule has 12 nitrogen and oxygen atoms in total. The van der Waals surface area contributed by atoms with Crippen molar-refractivity contribution in [3.8, 4) is 17.2 Å². The quantitative estimate of drug-likeness (QED) is 0.411. The van der Waals surface area contributed by atoms with E-state index >= 15 is 0 Å². The van der Waals surface area contributed by atoms with Gasteiger partial charge >= 0.3 is 12.1 Å². The molecule has 0 radical (unpaired) electrons. The molecule has 12 heteroatoms. The number of amides is 5. The average molecular weight is 556 g/mol. The molecule has 2 aliphatic rings. The molecule has 4 rings (SSSR count). The van der Waals surface area contributed by atoms with Crippen LogP contribution in [0.3, 0.4) is 0 Å². The number of ether oxygens (including phenoxy) is 3. The van der Waals surface area contributed by atoms with Crippen molar-refractivity contribution in [2.24, 2.45) is 5.92 Å². The fourth-order valence-electron chi connectivity index (χ4n) is 4.53. The van der Waals surface area contributed by atoms with Gasteiger partial charge < -0.3 is 45.1 Å². The molecule has 0 saturated carbocycles. The number of nitrogens with one attached hydrogen (secondary N) is 3. The summed E-state index contributed by atoms with van der Waals surface area (Å²) in [5.41, 5.74) is 1.13. The molecule has 0 fully saturated rings. The third kappa shape index (κ3) is 6.50. The Morgan fingerprint density at radius 3 is 2.60 bits per heavy atom.